The van der Waals surface area contributed by atoms with E-state index in [0.29, 0.717) is 23.3 Å². The molecule has 0 unspecified atom stereocenters. The van der Waals surface area contributed by atoms with Crippen LogP contribution in [0.1, 0.15) is 40.6 Å². The first-order valence-electron chi connectivity index (χ1n) is 13.0. The zero-order valence-electron chi connectivity index (χ0n) is 21.5. The molecule has 0 spiro atoms. The summed E-state index contributed by atoms with van der Waals surface area (Å²) in [5.41, 5.74) is 6.36. The quantitative estimate of drug-likeness (QED) is 0.175. The second kappa shape index (κ2) is 11.1. The monoisotopic (exact) mass is 582 g/mol. The number of para-hydroxylation sites is 1. The Bertz CT molecular complexity index is 1550. The molecule has 0 aromatic heterocycles. The van der Waals surface area contributed by atoms with Gasteiger partial charge in [0.15, 0.2) is 11.5 Å². The fourth-order valence-corrected chi connectivity index (χ4v) is 6.10. The number of methoxy groups -OCH3 is 1. The van der Waals surface area contributed by atoms with E-state index in [-0.39, 0.29) is 18.5 Å². The SMILES string of the molecule is COc1cc(C=Nc2ccc([C@@H]3Nc4ccccc4[C@H]4C=CC[C@@H]43)cc2)cc(Br)c1OCc1cccc(F)c1. The molecular formula is C33H28BrFN2O2. The van der Waals surface area contributed by atoms with Gasteiger partial charge in [-0.15, -0.1) is 0 Å². The van der Waals surface area contributed by atoms with Crippen LogP contribution in [0.2, 0.25) is 0 Å². The highest BCUT2D eigenvalue weighted by atomic mass is 79.9. The molecule has 4 aromatic carbocycles. The minimum Gasteiger partial charge on any atom is -0.493 e. The van der Waals surface area contributed by atoms with Gasteiger partial charge >= 0.3 is 0 Å². The number of aliphatic imine (C=N–C) groups is 1. The highest BCUT2D eigenvalue weighted by Crippen LogP contribution is 2.49. The maximum Gasteiger partial charge on any atom is 0.175 e. The van der Waals surface area contributed by atoms with Gasteiger partial charge in [0.25, 0.3) is 0 Å². The van der Waals surface area contributed by atoms with Crippen LogP contribution in [0.5, 0.6) is 11.5 Å². The molecule has 4 nitrogen and oxygen atoms in total. The number of ether oxygens (including phenoxy) is 2. The van der Waals surface area contributed by atoms with Crippen molar-refractivity contribution >= 4 is 33.5 Å². The molecule has 2 aliphatic rings. The Balaban J connectivity index is 1.17. The Morgan fingerprint density at radius 3 is 2.69 bits per heavy atom. The molecule has 0 fully saturated rings. The second-order valence-corrected chi connectivity index (χ2v) is 10.7. The molecule has 196 valence electrons. The van der Waals surface area contributed by atoms with Crippen LogP contribution in [0, 0.1) is 11.7 Å². The summed E-state index contributed by atoms with van der Waals surface area (Å²) >= 11 is 3.59. The first-order valence-corrected chi connectivity index (χ1v) is 13.8. The van der Waals surface area contributed by atoms with E-state index in [1.807, 2.05) is 24.4 Å². The van der Waals surface area contributed by atoms with Crippen molar-refractivity contribution < 1.29 is 13.9 Å². The van der Waals surface area contributed by atoms with Crippen molar-refractivity contribution in [1.29, 1.82) is 0 Å². The molecule has 1 heterocycles. The van der Waals surface area contributed by atoms with E-state index in [9.17, 15) is 4.39 Å². The van der Waals surface area contributed by atoms with E-state index in [2.05, 4.69) is 81.9 Å². The molecule has 4 aromatic rings. The van der Waals surface area contributed by atoms with E-state index >= 15 is 0 Å². The highest BCUT2D eigenvalue weighted by Gasteiger charge is 2.37. The van der Waals surface area contributed by atoms with E-state index in [4.69, 9.17) is 14.5 Å². The van der Waals surface area contributed by atoms with Crippen molar-refractivity contribution in [2.75, 3.05) is 12.4 Å². The number of rotatable bonds is 7. The first-order chi connectivity index (χ1) is 19.1. The average Bonchev–Trinajstić information content (AvgIpc) is 3.46. The third-order valence-electron chi connectivity index (χ3n) is 7.41. The average molecular weight is 584 g/mol. The minimum atomic E-state index is -0.290. The van der Waals surface area contributed by atoms with Crippen LogP contribution in [0.4, 0.5) is 15.8 Å². The fraction of sp³-hybridized carbons (Fsp3) is 0.182. The Morgan fingerprint density at radius 1 is 1.03 bits per heavy atom. The number of hydrogen-bond acceptors (Lipinski definition) is 4. The third kappa shape index (κ3) is 5.34. The van der Waals surface area contributed by atoms with Gasteiger partial charge in [0, 0.05) is 17.8 Å². The smallest absolute Gasteiger partial charge is 0.175 e. The molecule has 0 saturated heterocycles. The Labute approximate surface area is 236 Å². The van der Waals surface area contributed by atoms with Gasteiger partial charge in [0.05, 0.1) is 23.3 Å². The van der Waals surface area contributed by atoms with E-state index in [1.54, 1.807) is 13.2 Å². The summed E-state index contributed by atoms with van der Waals surface area (Å²) in [7, 11) is 1.60. The molecule has 1 aliphatic heterocycles. The van der Waals surface area contributed by atoms with Gasteiger partial charge in [0.1, 0.15) is 12.4 Å². The van der Waals surface area contributed by atoms with Crippen molar-refractivity contribution in [2.45, 2.75) is 25.0 Å². The van der Waals surface area contributed by atoms with Crippen LogP contribution < -0.4 is 14.8 Å². The lowest BCUT2D eigenvalue weighted by atomic mass is 9.77. The fourth-order valence-electron chi connectivity index (χ4n) is 5.53. The van der Waals surface area contributed by atoms with Crippen molar-refractivity contribution in [3.8, 4) is 11.5 Å². The number of halogens is 2. The number of allylic oxidation sites excluding steroid dienone is 2. The molecule has 6 heteroatoms. The largest absolute Gasteiger partial charge is 0.493 e. The summed E-state index contributed by atoms with van der Waals surface area (Å²) in [6, 6.07) is 27.5. The molecule has 0 saturated carbocycles. The Hall–Kier alpha value is -3.90. The number of hydrogen-bond donors (Lipinski definition) is 1. The molecule has 0 radical (unpaired) electrons. The van der Waals surface area contributed by atoms with Crippen molar-refractivity contribution in [2.24, 2.45) is 10.9 Å². The summed E-state index contributed by atoms with van der Waals surface area (Å²) in [4.78, 5) is 4.70. The van der Waals surface area contributed by atoms with E-state index in [1.165, 1.54) is 28.9 Å². The van der Waals surface area contributed by atoms with Crippen LogP contribution >= 0.6 is 15.9 Å². The summed E-state index contributed by atoms with van der Waals surface area (Å²) in [5.74, 6) is 1.81. The molecule has 39 heavy (non-hydrogen) atoms. The first kappa shape index (κ1) is 25.4. The molecule has 0 amide bonds. The second-order valence-electron chi connectivity index (χ2n) is 9.87. The van der Waals surface area contributed by atoms with Gasteiger partial charge in [-0.2, -0.15) is 0 Å². The molecule has 3 atom stereocenters. The zero-order valence-corrected chi connectivity index (χ0v) is 23.1. The van der Waals surface area contributed by atoms with Crippen LogP contribution in [0.25, 0.3) is 0 Å². The topological polar surface area (TPSA) is 42.8 Å². The Morgan fingerprint density at radius 2 is 1.87 bits per heavy atom. The van der Waals surface area contributed by atoms with E-state index in [0.717, 1.165) is 27.7 Å². The summed E-state index contributed by atoms with van der Waals surface area (Å²) < 4.78 is 25.8. The molecule has 1 aliphatic carbocycles. The van der Waals surface area contributed by atoms with Gasteiger partial charge < -0.3 is 14.8 Å². The zero-order chi connectivity index (χ0) is 26.8. The van der Waals surface area contributed by atoms with Crippen molar-refractivity contribution in [3.05, 3.63) is 130 Å². The number of nitrogens with one attached hydrogen (secondary N) is 1. The normalized spacial score (nSPS) is 19.4. The van der Waals surface area contributed by atoms with Gasteiger partial charge in [-0.25, -0.2) is 4.39 Å². The predicted molar refractivity (Wildman–Crippen MR) is 158 cm³/mol. The lowest BCUT2D eigenvalue weighted by Gasteiger charge is -2.37. The van der Waals surface area contributed by atoms with Gasteiger partial charge in [-0.3, -0.25) is 4.99 Å². The number of anilines is 1. The lowest BCUT2D eigenvalue weighted by molar-refractivity contribution is 0.282. The summed E-state index contributed by atoms with van der Waals surface area (Å²) in [5, 5.41) is 3.78. The molecule has 6 rings (SSSR count). The van der Waals surface area contributed by atoms with Crippen molar-refractivity contribution in [3.63, 3.8) is 0 Å². The summed E-state index contributed by atoms with van der Waals surface area (Å²) in [6.45, 7) is 0.228. The van der Waals surface area contributed by atoms with E-state index < -0.39 is 0 Å². The molecule has 1 N–H and O–H groups in total. The van der Waals surface area contributed by atoms with Crippen LogP contribution in [0.15, 0.2) is 107 Å². The van der Waals surface area contributed by atoms with Crippen LogP contribution in [0.3, 0.4) is 0 Å². The third-order valence-corrected chi connectivity index (χ3v) is 8.00. The number of fused-ring (bicyclic) bond motifs is 3. The van der Waals surface area contributed by atoms with Gasteiger partial charge in [-0.1, -0.05) is 54.6 Å². The number of benzene rings is 4. The molecule has 0 bridgehead atoms. The van der Waals surface area contributed by atoms with Gasteiger partial charge in [-0.05, 0) is 93.0 Å². The van der Waals surface area contributed by atoms with Crippen LogP contribution in [-0.2, 0) is 6.61 Å². The maximum atomic E-state index is 13.5. The standard InChI is InChI=1S/C33H28BrFN2O2/c1-38-31-18-22(17-29(34)33(31)39-20-21-6-4-7-24(35)16-21)19-36-25-14-12-23(13-15-25)32-28-10-5-9-26(28)27-8-2-3-11-30(27)37-32/h2-9,11-19,26,28,32,37H,10,20H2,1H3/t26-,28+,32+/m1/s1. The highest BCUT2D eigenvalue weighted by molar-refractivity contribution is 9.10. The van der Waals surface area contributed by atoms with Crippen molar-refractivity contribution in [1.82, 2.24) is 0 Å². The number of nitrogens with zero attached hydrogens (tertiary/aromatic N) is 1. The maximum absolute atomic E-state index is 13.5. The summed E-state index contributed by atoms with van der Waals surface area (Å²) in [6.07, 6.45) is 7.56. The van der Waals surface area contributed by atoms with Crippen LogP contribution in [-0.4, -0.2) is 13.3 Å². The lowest BCUT2D eigenvalue weighted by Crippen LogP contribution is -2.28. The Kier molecular flexibility index (Phi) is 7.20. The predicted octanol–water partition coefficient (Wildman–Crippen LogP) is 8.75. The van der Waals surface area contributed by atoms with Gasteiger partial charge in [0.2, 0.25) is 0 Å². The minimum absolute atomic E-state index is 0.228. The molecular weight excluding hydrogens is 555 g/mol.